The Balaban J connectivity index is 1.94. The molecule has 1 amide bonds. The Morgan fingerprint density at radius 2 is 2.00 bits per heavy atom. The smallest absolute Gasteiger partial charge is 0.272 e. The number of nitrogens with one attached hydrogen (secondary N) is 1. The molecule has 0 spiro atoms. The van der Waals surface area contributed by atoms with Gasteiger partial charge in [-0.25, -0.2) is 0 Å². The van der Waals surface area contributed by atoms with Crippen LogP contribution in [-0.2, 0) is 0 Å². The average molecular weight is 340 g/mol. The zero-order valence-electron chi connectivity index (χ0n) is 12.8. The summed E-state index contributed by atoms with van der Waals surface area (Å²) in [5.74, 6) is -0.0113. The fraction of sp³-hybridized carbons (Fsp3) is 0.111. The van der Waals surface area contributed by atoms with E-state index < -0.39 is 0 Å². The molecule has 0 aliphatic carbocycles. The second kappa shape index (κ2) is 5.39. The van der Waals surface area contributed by atoms with Gasteiger partial charge in [-0.05, 0) is 29.8 Å². The van der Waals surface area contributed by atoms with Crippen molar-refractivity contribution in [2.45, 2.75) is 6.04 Å². The number of H-pyrrole nitrogens is 1. The number of aromatic amines is 1. The molecule has 0 radical (unpaired) electrons. The van der Waals surface area contributed by atoms with Gasteiger partial charge in [0, 0.05) is 23.2 Å². The summed E-state index contributed by atoms with van der Waals surface area (Å²) in [5.41, 5.74) is 3.26. The monoisotopic (exact) mass is 339 g/mol. The molecule has 0 saturated heterocycles. The molecule has 1 atom stereocenters. The average Bonchev–Trinajstić information content (AvgIpc) is 3.08. The summed E-state index contributed by atoms with van der Waals surface area (Å²) in [6.07, 6.45) is 0. The molecule has 2 N–H and O–H groups in total. The molecule has 0 bridgehead atoms. The molecule has 5 nitrogen and oxygen atoms in total. The summed E-state index contributed by atoms with van der Waals surface area (Å²) >= 11 is 6.12. The van der Waals surface area contributed by atoms with Crippen LogP contribution in [0.4, 0.5) is 0 Å². The van der Waals surface area contributed by atoms with Crippen LogP contribution < -0.4 is 0 Å². The van der Waals surface area contributed by atoms with Crippen LogP contribution in [0.2, 0.25) is 5.02 Å². The topological polar surface area (TPSA) is 69.2 Å². The van der Waals surface area contributed by atoms with Crippen LogP contribution in [0.1, 0.15) is 27.7 Å². The highest BCUT2D eigenvalue weighted by Gasteiger charge is 2.40. The van der Waals surface area contributed by atoms with E-state index in [0.29, 0.717) is 22.0 Å². The van der Waals surface area contributed by atoms with Gasteiger partial charge in [0.25, 0.3) is 5.91 Å². The first-order valence-electron chi connectivity index (χ1n) is 7.47. The maximum Gasteiger partial charge on any atom is 0.272 e. The molecule has 120 valence electrons. The molecule has 4 rings (SSSR count). The van der Waals surface area contributed by atoms with Crippen molar-refractivity contribution >= 4 is 17.5 Å². The van der Waals surface area contributed by atoms with Gasteiger partial charge in [0.1, 0.15) is 17.1 Å². The van der Waals surface area contributed by atoms with Crippen molar-refractivity contribution in [2.75, 3.05) is 7.05 Å². The molecule has 6 heteroatoms. The minimum Gasteiger partial charge on any atom is -0.507 e. The van der Waals surface area contributed by atoms with Crippen LogP contribution in [-0.4, -0.2) is 33.2 Å². The van der Waals surface area contributed by atoms with Gasteiger partial charge in [0.05, 0.1) is 6.04 Å². The molecule has 3 aromatic rings. The Morgan fingerprint density at radius 1 is 1.21 bits per heavy atom. The molecule has 2 aromatic carbocycles. The fourth-order valence-corrected chi connectivity index (χ4v) is 3.41. The number of hydrogen-bond donors (Lipinski definition) is 2. The summed E-state index contributed by atoms with van der Waals surface area (Å²) in [7, 11) is 1.75. The number of rotatable bonds is 2. The van der Waals surface area contributed by atoms with Gasteiger partial charge in [-0.15, -0.1) is 0 Å². The SMILES string of the molecule is CN1C(=O)c2[nH]nc(-c3ccccc3O)c2C1c1cccc(Cl)c1. The van der Waals surface area contributed by atoms with E-state index in [0.717, 1.165) is 11.1 Å². The lowest BCUT2D eigenvalue weighted by molar-refractivity contribution is 0.0788. The molecular weight excluding hydrogens is 326 g/mol. The van der Waals surface area contributed by atoms with E-state index in [-0.39, 0.29) is 17.7 Å². The van der Waals surface area contributed by atoms with E-state index in [4.69, 9.17) is 11.6 Å². The summed E-state index contributed by atoms with van der Waals surface area (Å²) < 4.78 is 0. The second-order valence-electron chi connectivity index (χ2n) is 5.75. The quantitative estimate of drug-likeness (QED) is 0.749. The molecule has 1 unspecified atom stereocenters. The highest BCUT2D eigenvalue weighted by Crippen LogP contribution is 2.43. The van der Waals surface area contributed by atoms with E-state index in [1.807, 2.05) is 24.3 Å². The Bertz CT molecular complexity index is 951. The third-order valence-electron chi connectivity index (χ3n) is 4.32. The van der Waals surface area contributed by atoms with E-state index in [9.17, 15) is 9.90 Å². The Kier molecular flexibility index (Phi) is 3.32. The standard InChI is InChI=1S/C18H14ClN3O2/c1-22-17(10-5-4-6-11(19)9-10)14-15(20-21-16(14)18(22)24)12-7-2-3-8-13(12)23/h2-9,17,23H,1H3,(H,20,21). The number of hydrogen-bond acceptors (Lipinski definition) is 3. The fourth-order valence-electron chi connectivity index (χ4n) is 3.21. The number of carbonyl (C=O) groups excluding carboxylic acids is 1. The number of fused-ring (bicyclic) bond motifs is 1. The number of amides is 1. The Labute approximate surface area is 143 Å². The lowest BCUT2D eigenvalue weighted by Crippen LogP contribution is -2.24. The van der Waals surface area contributed by atoms with Gasteiger partial charge in [-0.2, -0.15) is 5.10 Å². The summed E-state index contributed by atoms with van der Waals surface area (Å²) in [5, 5.41) is 17.9. The van der Waals surface area contributed by atoms with Crippen molar-refractivity contribution in [3.8, 4) is 17.0 Å². The van der Waals surface area contributed by atoms with Crippen LogP contribution >= 0.6 is 11.6 Å². The van der Waals surface area contributed by atoms with Crippen molar-refractivity contribution in [1.82, 2.24) is 15.1 Å². The minimum atomic E-state index is -0.306. The molecule has 2 heterocycles. The van der Waals surface area contributed by atoms with Crippen LogP contribution in [0.15, 0.2) is 48.5 Å². The van der Waals surface area contributed by atoms with Crippen LogP contribution in [0.5, 0.6) is 5.75 Å². The molecular formula is C18H14ClN3O2. The number of aromatic hydroxyl groups is 1. The number of halogens is 1. The zero-order chi connectivity index (χ0) is 16.8. The molecule has 1 aromatic heterocycles. The van der Waals surface area contributed by atoms with Crippen LogP contribution in [0, 0.1) is 0 Å². The van der Waals surface area contributed by atoms with E-state index >= 15 is 0 Å². The first-order chi connectivity index (χ1) is 11.6. The summed E-state index contributed by atoms with van der Waals surface area (Å²) in [6, 6.07) is 14.1. The first kappa shape index (κ1) is 14.8. The van der Waals surface area contributed by atoms with Crippen molar-refractivity contribution < 1.29 is 9.90 Å². The molecule has 24 heavy (non-hydrogen) atoms. The number of benzene rings is 2. The lowest BCUT2D eigenvalue weighted by atomic mass is 9.96. The molecule has 1 aliphatic rings. The zero-order valence-corrected chi connectivity index (χ0v) is 13.6. The van der Waals surface area contributed by atoms with Gasteiger partial charge < -0.3 is 10.0 Å². The lowest BCUT2D eigenvalue weighted by Gasteiger charge is -2.22. The summed E-state index contributed by atoms with van der Waals surface area (Å²) in [6.45, 7) is 0. The van der Waals surface area contributed by atoms with Gasteiger partial charge in [-0.3, -0.25) is 9.89 Å². The number of para-hydroxylation sites is 1. The number of nitrogens with zero attached hydrogens (tertiary/aromatic N) is 2. The molecule has 0 saturated carbocycles. The minimum absolute atomic E-state index is 0.124. The van der Waals surface area contributed by atoms with Gasteiger partial charge in [-0.1, -0.05) is 35.9 Å². The van der Waals surface area contributed by atoms with Crippen LogP contribution in [0.3, 0.4) is 0 Å². The normalized spacial score (nSPS) is 16.5. The predicted octanol–water partition coefficient (Wildman–Crippen LogP) is 3.61. The largest absolute Gasteiger partial charge is 0.507 e. The number of carbonyl (C=O) groups is 1. The van der Waals surface area contributed by atoms with Gasteiger partial charge in [0.15, 0.2) is 0 Å². The Hall–Kier alpha value is -2.79. The maximum atomic E-state index is 12.6. The van der Waals surface area contributed by atoms with E-state index in [1.54, 1.807) is 36.2 Å². The highest BCUT2D eigenvalue weighted by atomic mass is 35.5. The molecule has 0 fully saturated rings. The third kappa shape index (κ3) is 2.09. The molecule has 1 aliphatic heterocycles. The van der Waals surface area contributed by atoms with Crippen molar-refractivity contribution in [3.05, 3.63) is 70.4 Å². The van der Waals surface area contributed by atoms with E-state index in [2.05, 4.69) is 10.2 Å². The predicted molar refractivity (Wildman–Crippen MR) is 91.1 cm³/mol. The highest BCUT2D eigenvalue weighted by molar-refractivity contribution is 6.30. The maximum absolute atomic E-state index is 12.6. The number of phenols is 1. The van der Waals surface area contributed by atoms with Gasteiger partial charge >= 0.3 is 0 Å². The van der Waals surface area contributed by atoms with Crippen molar-refractivity contribution in [1.29, 1.82) is 0 Å². The second-order valence-corrected chi connectivity index (χ2v) is 6.19. The van der Waals surface area contributed by atoms with Gasteiger partial charge in [0.2, 0.25) is 0 Å². The first-order valence-corrected chi connectivity index (χ1v) is 7.85. The number of phenolic OH excluding ortho intramolecular Hbond substituents is 1. The van der Waals surface area contributed by atoms with Crippen LogP contribution in [0.25, 0.3) is 11.3 Å². The Morgan fingerprint density at radius 3 is 2.75 bits per heavy atom. The summed E-state index contributed by atoms with van der Waals surface area (Å²) in [4.78, 5) is 14.2. The van der Waals surface area contributed by atoms with Crippen molar-refractivity contribution in [2.24, 2.45) is 0 Å². The van der Waals surface area contributed by atoms with Crippen molar-refractivity contribution in [3.63, 3.8) is 0 Å². The third-order valence-corrected chi connectivity index (χ3v) is 4.56. The van der Waals surface area contributed by atoms with E-state index in [1.165, 1.54) is 0 Å². The number of aromatic nitrogens is 2.